The van der Waals surface area contributed by atoms with E-state index in [1.54, 1.807) is 0 Å². The number of methoxy groups -OCH3 is 1. The van der Waals surface area contributed by atoms with E-state index in [0.717, 1.165) is 12.1 Å². The van der Waals surface area contributed by atoms with Gasteiger partial charge in [0.25, 0.3) is 0 Å². The number of nitrogens with zero attached hydrogens (tertiary/aromatic N) is 1. The molecular weight excluding hydrogens is 306 g/mol. The van der Waals surface area contributed by atoms with Crippen molar-refractivity contribution in [3.05, 3.63) is 35.4 Å². The Balaban J connectivity index is 2.08. The lowest BCUT2D eigenvalue weighted by Crippen LogP contribution is -2.58. The van der Waals surface area contributed by atoms with Crippen molar-refractivity contribution in [1.82, 2.24) is 4.90 Å². The van der Waals surface area contributed by atoms with Gasteiger partial charge in [-0.15, -0.1) is 0 Å². The number of aryl methyl sites for hydroxylation is 1. The first-order valence-corrected chi connectivity index (χ1v) is 7.44. The molecule has 0 bridgehead atoms. The van der Waals surface area contributed by atoms with Crippen molar-refractivity contribution in [2.24, 2.45) is 5.73 Å². The molecule has 1 aromatic carbocycles. The molecule has 0 saturated carbocycles. The third-order valence-corrected chi connectivity index (χ3v) is 4.25. The number of primary amides is 1. The summed E-state index contributed by atoms with van der Waals surface area (Å²) in [5, 5.41) is 0. The van der Waals surface area contributed by atoms with E-state index in [9.17, 15) is 18.4 Å². The van der Waals surface area contributed by atoms with Gasteiger partial charge >= 0.3 is 0 Å². The molecule has 1 heterocycles. The Morgan fingerprint density at radius 3 is 2.74 bits per heavy atom. The molecule has 2 amide bonds. The van der Waals surface area contributed by atoms with Crippen LogP contribution < -0.4 is 5.73 Å². The summed E-state index contributed by atoms with van der Waals surface area (Å²) in [4.78, 5) is 25.7. The third kappa shape index (κ3) is 3.50. The smallest absolute Gasteiger partial charge is 0.245 e. The molecule has 7 heteroatoms. The molecule has 1 saturated heterocycles. The molecule has 1 fully saturated rings. The molecule has 1 unspecified atom stereocenters. The second-order valence-corrected chi connectivity index (χ2v) is 5.71. The fourth-order valence-corrected chi connectivity index (χ4v) is 3.06. The van der Waals surface area contributed by atoms with Gasteiger partial charge in [-0.05, 0) is 30.9 Å². The third-order valence-electron chi connectivity index (χ3n) is 4.25. The van der Waals surface area contributed by atoms with Crippen LogP contribution in [0.4, 0.5) is 8.78 Å². The monoisotopic (exact) mass is 326 g/mol. The van der Waals surface area contributed by atoms with Crippen molar-refractivity contribution in [3.63, 3.8) is 0 Å². The molecule has 1 aliphatic rings. The van der Waals surface area contributed by atoms with E-state index in [1.807, 2.05) is 0 Å². The average Bonchev–Trinajstić information content (AvgIpc) is 2.91. The van der Waals surface area contributed by atoms with Crippen molar-refractivity contribution in [1.29, 1.82) is 0 Å². The molecule has 2 rings (SSSR count). The van der Waals surface area contributed by atoms with Crippen LogP contribution in [0.3, 0.4) is 0 Å². The number of carbonyl (C=O) groups is 2. The predicted molar refractivity (Wildman–Crippen MR) is 79.4 cm³/mol. The molecule has 1 aliphatic heterocycles. The summed E-state index contributed by atoms with van der Waals surface area (Å²) in [6.45, 7) is 0.454. The van der Waals surface area contributed by atoms with Crippen LogP contribution in [-0.4, -0.2) is 42.5 Å². The van der Waals surface area contributed by atoms with E-state index in [1.165, 1.54) is 18.1 Å². The average molecular weight is 326 g/mol. The SMILES string of the molecule is COCC1(C(N)=O)CCCN1C(=O)CCc1ccc(F)cc1F. The van der Waals surface area contributed by atoms with Crippen LogP contribution in [0.25, 0.3) is 0 Å². The van der Waals surface area contributed by atoms with Gasteiger partial charge < -0.3 is 15.4 Å². The molecule has 1 aromatic rings. The minimum Gasteiger partial charge on any atom is -0.382 e. The highest BCUT2D eigenvalue weighted by Crippen LogP contribution is 2.30. The summed E-state index contributed by atoms with van der Waals surface area (Å²) < 4.78 is 31.6. The van der Waals surface area contributed by atoms with Gasteiger partial charge in [-0.25, -0.2) is 8.78 Å². The highest BCUT2D eigenvalue weighted by Gasteiger charge is 2.48. The molecule has 0 aromatic heterocycles. The number of ether oxygens (including phenoxy) is 1. The van der Waals surface area contributed by atoms with Crippen LogP contribution in [-0.2, 0) is 20.7 Å². The first kappa shape index (κ1) is 17.3. The van der Waals surface area contributed by atoms with Gasteiger partial charge in [0.05, 0.1) is 6.61 Å². The fourth-order valence-electron chi connectivity index (χ4n) is 3.06. The van der Waals surface area contributed by atoms with E-state index < -0.39 is 23.1 Å². The normalized spacial score (nSPS) is 20.7. The van der Waals surface area contributed by atoms with E-state index in [-0.39, 0.29) is 30.9 Å². The van der Waals surface area contributed by atoms with Gasteiger partial charge in [-0.3, -0.25) is 9.59 Å². The number of rotatable bonds is 6. The van der Waals surface area contributed by atoms with Crippen molar-refractivity contribution in [2.45, 2.75) is 31.2 Å². The van der Waals surface area contributed by atoms with Gasteiger partial charge in [-0.2, -0.15) is 0 Å². The number of carbonyl (C=O) groups excluding carboxylic acids is 2. The zero-order chi connectivity index (χ0) is 17.0. The number of amides is 2. The van der Waals surface area contributed by atoms with Crippen molar-refractivity contribution in [2.75, 3.05) is 20.3 Å². The van der Waals surface area contributed by atoms with Crippen molar-refractivity contribution in [3.8, 4) is 0 Å². The molecular formula is C16H20F2N2O3. The van der Waals surface area contributed by atoms with E-state index >= 15 is 0 Å². The lowest BCUT2D eigenvalue weighted by Gasteiger charge is -2.35. The Hall–Kier alpha value is -2.02. The number of halogens is 2. The van der Waals surface area contributed by atoms with Crippen LogP contribution >= 0.6 is 0 Å². The Labute approximate surface area is 133 Å². The van der Waals surface area contributed by atoms with Gasteiger partial charge in [0.15, 0.2) is 0 Å². The molecule has 23 heavy (non-hydrogen) atoms. The second kappa shape index (κ2) is 7.04. The van der Waals surface area contributed by atoms with Gasteiger partial charge in [0, 0.05) is 26.1 Å². The Morgan fingerprint density at radius 2 is 2.13 bits per heavy atom. The number of benzene rings is 1. The quantitative estimate of drug-likeness (QED) is 0.858. The van der Waals surface area contributed by atoms with Crippen LogP contribution in [0.15, 0.2) is 18.2 Å². The number of hydrogen-bond donors (Lipinski definition) is 1. The zero-order valence-electron chi connectivity index (χ0n) is 13.0. The van der Waals surface area contributed by atoms with Crippen LogP contribution in [0, 0.1) is 11.6 Å². The van der Waals surface area contributed by atoms with Crippen LogP contribution in [0.1, 0.15) is 24.8 Å². The highest BCUT2D eigenvalue weighted by atomic mass is 19.1. The van der Waals surface area contributed by atoms with Crippen molar-refractivity contribution >= 4 is 11.8 Å². The summed E-state index contributed by atoms with van der Waals surface area (Å²) >= 11 is 0. The summed E-state index contributed by atoms with van der Waals surface area (Å²) in [6.07, 6.45) is 1.25. The minimum atomic E-state index is -1.13. The Bertz CT molecular complexity index is 609. The maximum absolute atomic E-state index is 13.6. The first-order chi connectivity index (χ1) is 10.9. The van der Waals surface area contributed by atoms with Crippen molar-refractivity contribution < 1.29 is 23.1 Å². The summed E-state index contributed by atoms with van der Waals surface area (Å²) in [5.74, 6) is -2.23. The molecule has 1 atom stereocenters. The second-order valence-electron chi connectivity index (χ2n) is 5.71. The fraction of sp³-hybridized carbons (Fsp3) is 0.500. The van der Waals surface area contributed by atoms with E-state index in [4.69, 9.17) is 10.5 Å². The molecule has 126 valence electrons. The molecule has 0 aliphatic carbocycles. The Morgan fingerprint density at radius 1 is 1.39 bits per heavy atom. The van der Waals surface area contributed by atoms with Gasteiger partial charge in [-0.1, -0.05) is 6.07 Å². The molecule has 0 radical (unpaired) electrons. The van der Waals surface area contributed by atoms with Crippen LogP contribution in [0.5, 0.6) is 0 Å². The number of hydrogen-bond acceptors (Lipinski definition) is 3. The summed E-state index contributed by atoms with van der Waals surface area (Å²) in [6, 6.07) is 3.25. The lowest BCUT2D eigenvalue weighted by atomic mass is 9.95. The van der Waals surface area contributed by atoms with Crippen LogP contribution in [0.2, 0.25) is 0 Å². The zero-order valence-corrected chi connectivity index (χ0v) is 13.0. The molecule has 5 nitrogen and oxygen atoms in total. The van der Waals surface area contributed by atoms with E-state index in [2.05, 4.69) is 0 Å². The Kier molecular flexibility index (Phi) is 5.30. The standard InChI is InChI=1S/C16H20F2N2O3/c1-23-10-16(15(19)22)7-2-8-20(16)14(21)6-4-11-3-5-12(17)9-13(11)18/h3,5,9H,2,4,6-8,10H2,1H3,(H2,19,22). The van der Waals surface area contributed by atoms with Gasteiger partial charge in [0.1, 0.15) is 17.2 Å². The molecule has 2 N–H and O–H groups in total. The lowest BCUT2D eigenvalue weighted by molar-refractivity contribution is -0.146. The number of nitrogens with two attached hydrogens (primary N) is 1. The largest absolute Gasteiger partial charge is 0.382 e. The maximum atomic E-state index is 13.6. The minimum absolute atomic E-state index is 0.0152. The molecule has 0 spiro atoms. The summed E-state index contributed by atoms with van der Waals surface area (Å²) in [5.41, 5.74) is 4.61. The van der Waals surface area contributed by atoms with E-state index in [0.29, 0.717) is 19.4 Å². The maximum Gasteiger partial charge on any atom is 0.245 e. The topological polar surface area (TPSA) is 72.6 Å². The first-order valence-electron chi connectivity index (χ1n) is 7.44. The predicted octanol–water partition coefficient (Wildman–Crippen LogP) is 1.39. The highest BCUT2D eigenvalue weighted by molar-refractivity contribution is 5.91. The number of likely N-dealkylation sites (tertiary alicyclic amines) is 1. The summed E-state index contributed by atoms with van der Waals surface area (Å²) in [7, 11) is 1.44. The van der Waals surface area contributed by atoms with Gasteiger partial charge in [0.2, 0.25) is 11.8 Å².